The minimum Gasteiger partial charge on any atom is -0.378 e. The molecule has 1 amide bonds. The number of rotatable bonds is 5. The molecule has 0 radical (unpaired) electrons. The van der Waals surface area contributed by atoms with Gasteiger partial charge in [0.1, 0.15) is 5.82 Å². The molecule has 0 aliphatic carbocycles. The number of hydrogen-bond acceptors (Lipinski definition) is 7. The molecular formula is C27H27N7O2. The Balaban J connectivity index is 1.47. The van der Waals surface area contributed by atoms with Crippen LogP contribution in [0.2, 0.25) is 0 Å². The molecule has 1 N–H and O–H groups in total. The highest BCUT2D eigenvalue weighted by atomic mass is 16.5. The second-order valence-corrected chi connectivity index (χ2v) is 9.35. The van der Waals surface area contributed by atoms with E-state index in [2.05, 4.69) is 26.4 Å². The molecule has 0 unspecified atom stereocenters. The van der Waals surface area contributed by atoms with Gasteiger partial charge in [0, 0.05) is 48.2 Å². The Morgan fingerprint density at radius 1 is 1.11 bits per heavy atom. The number of aromatic nitrogens is 4. The van der Waals surface area contributed by atoms with E-state index >= 15 is 0 Å². The molecule has 4 heterocycles. The maximum atomic E-state index is 13.0. The number of morpholine rings is 1. The van der Waals surface area contributed by atoms with Gasteiger partial charge in [-0.05, 0) is 50.6 Å². The van der Waals surface area contributed by atoms with Gasteiger partial charge in [0.25, 0.3) is 5.91 Å². The minimum atomic E-state index is -0.788. The van der Waals surface area contributed by atoms with Gasteiger partial charge in [-0.25, -0.2) is 4.98 Å². The van der Waals surface area contributed by atoms with Crippen LogP contribution in [0, 0.1) is 18.3 Å². The van der Waals surface area contributed by atoms with Gasteiger partial charge in [-0.2, -0.15) is 14.9 Å². The maximum Gasteiger partial charge on any atom is 0.255 e. The molecule has 0 atom stereocenters. The Morgan fingerprint density at radius 3 is 2.69 bits per heavy atom. The second-order valence-electron chi connectivity index (χ2n) is 9.35. The number of nitrogens with zero attached hydrogens (tertiary/aromatic N) is 6. The first kappa shape index (κ1) is 23.5. The zero-order chi connectivity index (χ0) is 25.3. The smallest absolute Gasteiger partial charge is 0.255 e. The van der Waals surface area contributed by atoms with Gasteiger partial charge < -0.3 is 15.0 Å². The highest BCUT2D eigenvalue weighted by Gasteiger charge is 2.23. The molecule has 1 aliphatic rings. The van der Waals surface area contributed by atoms with Crippen molar-refractivity contribution in [1.82, 2.24) is 19.6 Å². The first-order valence-corrected chi connectivity index (χ1v) is 11.8. The number of carbonyl (C=O) groups is 1. The number of fused-ring (bicyclic) bond motifs is 1. The molecule has 1 aromatic carbocycles. The SMILES string of the molecule is Cc1ccc(NC(=O)c2ccnc(C(C)(C)C#N)c2)cc1-c1cc(N2CCOCC2)n2nccc2n1. The molecule has 36 heavy (non-hydrogen) atoms. The summed E-state index contributed by atoms with van der Waals surface area (Å²) in [4.78, 5) is 24.4. The highest BCUT2D eigenvalue weighted by Crippen LogP contribution is 2.30. The van der Waals surface area contributed by atoms with E-state index in [-0.39, 0.29) is 5.91 Å². The van der Waals surface area contributed by atoms with E-state index < -0.39 is 5.41 Å². The number of ether oxygens (including phenoxy) is 1. The Hall–Kier alpha value is -4.29. The molecule has 1 saturated heterocycles. The van der Waals surface area contributed by atoms with Gasteiger partial charge in [0.2, 0.25) is 0 Å². The fourth-order valence-electron chi connectivity index (χ4n) is 4.20. The van der Waals surface area contributed by atoms with Crippen LogP contribution in [-0.4, -0.2) is 51.8 Å². The lowest BCUT2D eigenvalue weighted by atomic mass is 9.90. The normalized spacial score (nSPS) is 14.0. The van der Waals surface area contributed by atoms with Crippen molar-refractivity contribution in [3.05, 3.63) is 71.7 Å². The average molecular weight is 482 g/mol. The standard InChI is InChI=1S/C27H27N7O2/c1-18-4-5-20(31-26(35)19-6-8-29-23(14-19)27(2,3)17-28)15-21(18)22-16-25(33-10-12-36-13-11-33)34-24(32-22)7-9-30-34/h4-9,14-16H,10-13H2,1-3H3,(H,31,35). The van der Waals surface area contributed by atoms with Crippen molar-refractivity contribution < 1.29 is 9.53 Å². The molecule has 0 saturated carbocycles. The minimum absolute atomic E-state index is 0.268. The van der Waals surface area contributed by atoms with Crippen LogP contribution < -0.4 is 10.2 Å². The maximum absolute atomic E-state index is 13.0. The van der Waals surface area contributed by atoms with Crippen LogP contribution >= 0.6 is 0 Å². The van der Waals surface area contributed by atoms with Crippen molar-refractivity contribution in [2.45, 2.75) is 26.2 Å². The topological polar surface area (TPSA) is 108 Å². The highest BCUT2D eigenvalue weighted by molar-refractivity contribution is 6.04. The molecule has 1 aliphatic heterocycles. The van der Waals surface area contributed by atoms with Crippen molar-refractivity contribution in [1.29, 1.82) is 5.26 Å². The van der Waals surface area contributed by atoms with Crippen LogP contribution in [0.5, 0.6) is 0 Å². The van der Waals surface area contributed by atoms with Crippen molar-refractivity contribution in [2.24, 2.45) is 0 Å². The summed E-state index contributed by atoms with van der Waals surface area (Å²) in [5, 5.41) is 16.9. The largest absolute Gasteiger partial charge is 0.378 e. The van der Waals surface area contributed by atoms with Gasteiger partial charge in [0.05, 0.1) is 42.3 Å². The van der Waals surface area contributed by atoms with E-state index in [1.54, 1.807) is 38.4 Å². The summed E-state index contributed by atoms with van der Waals surface area (Å²) >= 11 is 0. The van der Waals surface area contributed by atoms with E-state index in [0.717, 1.165) is 41.4 Å². The molecule has 0 bridgehead atoms. The summed E-state index contributed by atoms with van der Waals surface area (Å²) in [5.41, 5.74) is 4.39. The van der Waals surface area contributed by atoms with E-state index in [9.17, 15) is 10.1 Å². The number of nitriles is 1. The number of benzene rings is 1. The number of nitrogens with one attached hydrogen (secondary N) is 1. The van der Waals surface area contributed by atoms with E-state index in [1.165, 1.54) is 0 Å². The number of anilines is 2. The predicted octanol–water partition coefficient (Wildman–Crippen LogP) is 3.99. The Kier molecular flexibility index (Phi) is 6.12. The lowest BCUT2D eigenvalue weighted by molar-refractivity contribution is 0.102. The van der Waals surface area contributed by atoms with E-state index in [4.69, 9.17) is 9.72 Å². The summed E-state index contributed by atoms with van der Waals surface area (Å²) in [6.45, 7) is 8.48. The van der Waals surface area contributed by atoms with Crippen LogP contribution in [0.1, 0.15) is 35.5 Å². The van der Waals surface area contributed by atoms with Crippen LogP contribution in [0.15, 0.2) is 54.9 Å². The molecule has 182 valence electrons. The number of amides is 1. The monoisotopic (exact) mass is 481 g/mol. The lowest BCUT2D eigenvalue weighted by Gasteiger charge is -2.29. The summed E-state index contributed by atoms with van der Waals surface area (Å²) in [7, 11) is 0. The quantitative estimate of drug-likeness (QED) is 0.459. The molecule has 1 fully saturated rings. The lowest BCUT2D eigenvalue weighted by Crippen LogP contribution is -2.37. The second kappa shape index (κ2) is 9.40. The van der Waals surface area contributed by atoms with Crippen LogP contribution in [0.4, 0.5) is 11.5 Å². The molecule has 9 nitrogen and oxygen atoms in total. The summed E-state index contributed by atoms with van der Waals surface area (Å²) in [6, 6.07) is 15.2. The Bertz CT molecular complexity index is 1480. The zero-order valence-electron chi connectivity index (χ0n) is 20.5. The Labute approximate surface area is 209 Å². The molecule has 5 rings (SSSR count). The van der Waals surface area contributed by atoms with Crippen molar-refractivity contribution >= 4 is 23.1 Å². The first-order chi connectivity index (χ1) is 17.4. The summed E-state index contributed by atoms with van der Waals surface area (Å²) in [6.07, 6.45) is 3.30. The van der Waals surface area contributed by atoms with Crippen LogP contribution in [0.25, 0.3) is 16.9 Å². The number of hydrogen-bond donors (Lipinski definition) is 1. The summed E-state index contributed by atoms with van der Waals surface area (Å²) < 4.78 is 7.37. The van der Waals surface area contributed by atoms with Crippen molar-refractivity contribution in [3.8, 4) is 17.3 Å². The number of pyridine rings is 1. The van der Waals surface area contributed by atoms with Gasteiger partial charge in [0.15, 0.2) is 5.65 Å². The third kappa shape index (κ3) is 4.51. The fourth-order valence-corrected chi connectivity index (χ4v) is 4.20. The number of aryl methyl sites for hydroxylation is 1. The van der Waals surface area contributed by atoms with Crippen LogP contribution in [-0.2, 0) is 10.2 Å². The predicted molar refractivity (Wildman–Crippen MR) is 137 cm³/mol. The summed E-state index contributed by atoms with van der Waals surface area (Å²) in [5.74, 6) is 0.692. The Morgan fingerprint density at radius 2 is 1.92 bits per heavy atom. The van der Waals surface area contributed by atoms with E-state index in [0.29, 0.717) is 30.2 Å². The molecule has 4 aromatic rings. The molecule has 9 heteroatoms. The van der Waals surface area contributed by atoms with Crippen molar-refractivity contribution in [2.75, 3.05) is 36.5 Å². The van der Waals surface area contributed by atoms with Crippen molar-refractivity contribution in [3.63, 3.8) is 0 Å². The molecular weight excluding hydrogens is 454 g/mol. The van der Waals surface area contributed by atoms with Gasteiger partial charge in [-0.1, -0.05) is 6.07 Å². The molecule has 3 aromatic heterocycles. The van der Waals surface area contributed by atoms with Gasteiger partial charge in [-0.3, -0.25) is 9.78 Å². The van der Waals surface area contributed by atoms with Gasteiger partial charge >= 0.3 is 0 Å². The van der Waals surface area contributed by atoms with E-state index in [1.807, 2.05) is 41.8 Å². The molecule has 0 spiro atoms. The zero-order valence-corrected chi connectivity index (χ0v) is 20.5. The van der Waals surface area contributed by atoms with Crippen LogP contribution in [0.3, 0.4) is 0 Å². The third-order valence-corrected chi connectivity index (χ3v) is 6.39. The first-order valence-electron chi connectivity index (χ1n) is 11.8. The van der Waals surface area contributed by atoms with Gasteiger partial charge in [-0.15, -0.1) is 0 Å². The average Bonchev–Trinajstić information content (AvgIpc) is 3.38. The number of carbonyl (C=O) groups excluding carboxylic acids is 1. The fraction of sp³-hybridized carbons (Fsp3) is 0.296. The third-order valence-electron chi connectivity index (χ3n) is 6.39.